The maximum atomic E-state index is 13.3. The summed E-state index contributed by atoms with van der Waals surface area (Å²) < 4.78 is 18.2. The Hall–Kier alpha value is -2.02. The number of benzene rings is 1. The quantitative estimate of drug-likeness (QED) is 0.879. The molecule has 1 aromatic carbocycles. The van der Waals surface area contributed by atoms with Crippen LogP contribution in [0.5, 0.6) is 0 Å². The van der Waals surface area contributed by atoms with E-state index in [1.54, 1.807) is 12.1 Å². The van der Waals surface area contributed by atoms with Crippen LogP contribution in [0, 0.1) is 5.82 Å². The Kier molecular flexibility index (Phi) is 4.06. The zero-order valence-corrected chi connectivity index (χ0v) is 11.4. The van der Waals surface area contributed by atoms with Crippen molar-refractivity contribution in [2.75, 3.05) is 12.4 Å². The first-order chi connectivity index (χ1) is 9.10. The number of aromatic nitrogens is 2. The first-order valence-corrected chi connectivity index (χ1v) is 6.02. The summed E-state index contributed by atoms with van der Waals surface area (Å²) >= 11 is 3.07. The Morgan fingerprint density at radius 2 is 2.16 bits per heavy atom. The van der Waals surface area contributed by atoms with E-state index in [9.17, 15) is 9.18 Å². The average Bonchev–Trinajstić information content (AvgIpc) is 2.43. The average molecular weight is 326 g/mol. The maximum Gasteiger partial charge on any atom is 0.358 e. The van der Waals surface area contributed by atoms with E-state index in [0.29, 0.717) is 16.0 Å². The number of nitrogens with one attached hydrogen (secondary N) is 1. The van der Waals surface area contributed by atoms with Gasteiger partial charge in [-0.15, -0.1) is 0 Å². The molecule has 0 atom stereocenters. The fourth-order valence-electron chi connectivity index (χ4n) is 1.32. The number of methoxy groups -OCH3 is 1. The minimum absolute atomic E-state index is 0.107. The number of ether oxygens (including phenoxy) is 1. The Morgan fingerprint density at radius 1 is 1.37 bits per heavy atom. The molecule has 5 nitrogen and oxygen atoms in total. The third-order valence-electron chi connectivity index (χ3n) is 2.24. The molecule has 0 radical (unpaired) electrons. The van der Waals surface area contributed by atoms with Crippen molar-refractivity contribution >= 4 is 33.4 Å². The van der Waals surface area contributed by atoms with Crippen molar-refractivity contribution in [3.63, 3.8) is 0 Å². The molecule has 0 fully saturated rings. The number of hydrogen-bond donors (Lipinski definition) is 1. The second-order valence-electron chi connectivity index (χ2n) is 3.53. The predicted octanol–water partition coefficient (Wildman–Crippen LogP) is 2.91. The van der Waals surface area contributed by atoms with Gasteiger partial charge in [0.2, 0.25) is 0 Å². The molecule has 0 saturated heterocycles. The number of hydrogen-bond acceptors (Lipinski definition) is 5. The highest BCUT2D eigenvalue weighted by Gasteiger charge is 2.07. The summed E-state index contributed by atoms with van der Waals surface area (Å²) in [6.07, 6.45) is 2.65. The van der Waals surface area contributed by atoms with Gasteiger partial charge in [-0.3, -0.25) is 0 Å². The molecule has 1 aromatic heterocycles. The van der Waals surface area contributed by atoms with Gasteiger partial charge in [0.05, 0.1) is 24.0 Å². The molecule has 0 bridgehead atoms. The van der Waals surface area contributed by atoms with Gasteiger partial charge >= 0.3 is 5.97 Å². The van der Waals surface area contributed by atoms with Crippen LogP contribution in [-0.2, 0) is 4.74 Å². The van der Waals surface area contributed by atoms with Gasteiger partial charge in [0.1, 0.15) is 11.6 Å². The Bertz CT molecular complexity index is 604. The van der Waals surface area contributed by atoms with Crippen molar-refractivity contribution in [1.82, 2.24) is 9.97 Å². The molecule has 0 spiro atoms. The van der Waals surface area contributed by atoms with Crippen LogP contribution in [0.4, 0.5) is 15.9 Å². The highest BCUT2D eigenvalue weighted by Crippen LogP contribution is 2.21. The number of nitrogens with zero attached hydrogens (tertiary/aromatic N) is 2. The zero-order valence-electron chi connectivity index (χ0n) is 9.85. The maximum absolute atomic E-state index is 13.3. The molecule has 2 rings (SSSR count). The van der Waals surface area contributed by atoms with Crippen LogP contribution in [0.3, 0.4) is 0 Å². The van der Waals surface area contributed by atoms with Gasteiger partial charge in [0, 0.05) is 5.69 Å². The van der Waals surface area contributed by atoms with Crippen LogP contribution in [-0.4, -0.2) is 23.0 Å². The minimum Gasteiger partial charge on any atom is -0.464 e. The van der Waals surface area contributed by atoms with Crippen LogP contribution < -0.4 is 5.32 Å². The van der Waals surface area contributed by atoms with Gasteiger partial charge in [0.15, 0.2) is 5.69 Å². The van der Waals surface area contributed by atoms with E-state index in [1.807, 2.05) is 0 Å². The lowest BCUT2D eigenvalue weighted by Crippen LogP contribution is -2.05. The fourth-order valence-corrected chi connectivity index (χ4v) is 1.57. The first-order valence-electron chi connectivity index (χ1n) is 5.22. The van der Waals surface area contributed by atoms with Crippen LogP contribution in [0.1, 0.15) is 10.5 Å². The molecular formula is C12H9BrFN3O2. The Labute approximate surface area is 117 Å². The van der Waals surface area contributed by atoms with Crippen molar-refractivity contribution in [2.24, 2.45) is 0 Å². The topological polar surface area (TPSA) is 64.1 Å². The van der Waals surface area contributed by atoms with Crippen LogP contribution >= 0.6 is 15.9 Å². The van der Waals surface area contributed by atoms with E-state index in [2.05, 4.69) is 36.0 Å². The number of halogens is 2. The molecule has 0 aliphatic heterocycles. The monoisotopic (exact) mass is 325 g/mol. The van der Waals surface area contributed by atoms with E-state index in [0.717, 1.165) is 0 Å². The lowest BCUT2D eigenvalue weighted by atomic mass is 10.3. The van der Waals surface area contributed by atoms with E-state index in [-0.39, 0.29) is 11.5 Å². The third kappa shape index (κ3) is 3.25. The number of anilines is 2. The molecule has 19 heavy (non-hydrogen) atoms. The second-order valence-corrected chi connectivity index (χ2v) is 4.39. The molecular weight excluding hydrogens is 317 g/mol. The third-order valence-corrected chi connectivity index (χ3v) is 2.88. The predicted molar refractivity (Wildman–Crippen MR) is 70.8 cm³/mol. The summed E-state index contributed by atoms with van der Waals surface area (Å²) in [5, 5.41) is 2.87. The Morgan fingerprint density at radius 3 is 2.74 bits per heavy atom. The molecule has 1 N–H and O–H groups in total. The lowest BCUT2D eigenvalue weighted by molar-refractivity contribution is 0.0593. The molecule has 7 heteroatoms. The van der Waals surface area contributed by atoms with E-state index in [4.69, 9.17) is 0 Å². The van der Waals surface area contributed by atoms with E-state index >= 15 is 0 Å². The van der Waals surface area contributed by atoms with Crippen molar-refractivity contribution < 1.29 is 13.9 Å². The molecule has 0 saturated carbocycles. The highest BCUT2D eigenvalue weighted by atomic mass is 79.9. The summed E-state index contributed by atoms with van der Waals surface area (Å²) in [4.78, 5) is 19.0. The smallest absolute Gasteiger partial charge is 0.358 e. The van der Waals surface area contributed by atoms with E-state index in [1.165, 1.54) is 25.6 Å². The second kappa shape index (κ2) is 5.75. The standard InChI is InChI=1S/C12H9BrFN3O2/c1-19-12(18)10-5-16-11(6-15-10)17-7-2-3-8(13)9(14)4-7/h2-6H,1H3,(H,16,17). The minimum atomic E-state index is -0.561. The highest BCUT2D eigenvalue weighted by molar-refractivity contribution is 9.10. The van der Waals surface area contributed by atoms with Crippen LogP contribution in [0.2, 0.25) is 0 Å². The van der Waals surface area contributed by atoms with Crippen LogP contribution in [0.25, 0.3) is 0 Å². The molecule has 2 aromatic rings. The van der Waals surface area contributed by atoms with Crippen molar-refractivity contribution in [1.29, 1.82) is 0 Å². The number of rotatable bonds is 3. The SMILES string of the molecule is COC(=O)c1cnc(Nc2ccc(Br)c(F)c2)cn1. The summed E-state index contributed by atoms with van der Waals surface area (Å²) in [6, 6.07) is 4.58. The summed E-state index contributed by atoms with van der Waals surface area (Å²) in [5.41, 5.74) is 0.635. The number of carbonyl (C=O) groups excluding carboxylic acids is 1. The molecule has 98 valence electrons. The summed E-state index contributed by atoms with van der Waals surface area (Å²) in [7, 11) is 1.26. The normalized spacial score (nSPS) is 10.1. The van der Waals surface area contributed by atoms with Gasteiger partial charge in [-0.1, -0.05) is 0 Å². The largest absolute Gasteiger partial charge is 0.464 e. The molecule has 0 aliphatic carbocycles. The lowest BCUT2D eigenvalue weighted by Gasteiger charge is -2.06. The van der Waals surface area contributed by atoms with Crippen molar-refractivity contribution in [3.8, 4) is 0 Å². The molecule has 0 amide bonds. The van der Waals surface area contributed by atoms with Crippen molar-refractivity contribution in [2.45, 2.75) is 0 Å². The number of carbonyl (C=O) groups is 1. The van der Waals surface area contributed by atoms with Gasteiger partial charge in [0.25, 0.3) is 0 Å². The van der Waals surface area contributed by atoms with Crippen LogP contribution in [0.15, 0.2) is 35.1 Å². The zero-order chi connectivity index (χ0) is 13.8. The van der Waals surface area contributed by atoms with Gasteiger partial charge < -0.3 is 10.1 Å². The first kappa shape index (κ1) is 13.4. The molecule has 0 aliphatic rings. The molecule has 1 heterocycles. The fraction of sp³-hybridized carbons (Fsp3) is 0.0833. The van der Waals surface area contributed by atoms with Gasteiger partial charge in [-0.25, -0.2) is 19.2 Å². The van der Waals surface area contributed by atoms with Crippen molar-refractivity contribution in [3.05, 3.63) is 46.6 Å². The summed E-state index contributed by atoms with van der Waals surface area (Å²) in [5.74, 6) is -0.549. The van der Waals surface area contributed by atoms with E-state index < -0.39 is 5.97 Å². The molecule has 0 unspecified atom stereocenters. The Balaban J connectivity index is 2.15. The summed E-state index contributed by atoms with van der Waals surface area (Å²) in [6.45, 7) is 0. The van der Waals surface area contributed by atoms with Gasteiger partial charge in [-0.2, -0.15) is 0 Å². The van der Waals surface area contributed by atoms with Gasteiger partial charge in [-0.05, 0) is 34.1 Å². The number of esters is 1.